The number of benzene rings is 1. The van der Waals surface area contributed by atoms with Crippen molar-refractivity contribution in [3.63, 3.8) is 0 Å². The van der Waals surface area contributed by atoms with Gasteiger partial charge in [-0.05, 0) is 17.3 Å². The molecule has 1 unspecified atom stereocenters. The Bertz CT molecular complexity index is 311. The van der Waals surface area contributed by atoms with Crippen molar-refractivity contribution in [1.82, 2.24) is 0 Å². The van der Waals surface area contributed by atoms with E-state index >= 15 is 0 Å². The minimum atomic E-state index is -0.947. The van der Waals surface area contributed by atoms with Crippen molar-refractivity contribution in [3.05, 3.63) is 30.3 Å². The third-order valence-electron chi connectivity index (χ3n) is 2.77. The smallest absolute Gasteiger partial charge is 0.0813 e. The molecule has 1 atom stereocenters. The summed E-state index contributed by atoms with van der Waals surface area (Å²) in [5, 5.41) is 1.97. The molecule has 0 spiro atoms. The van der Waals surface area contributed by atoms with E-state index in [9.17, 15) is 0 Å². The highest BCUT2D eigenvalue weighted by atomic mass is 28.3. The number of hydrogen-bond acceptors (Lipinski definition) is 1. The highest BCUT2D eigenvalue weighted by Crippen LogP contribution is 2.28. The quantitative estimate of drug-likeness (QED) is 0.547. The maximum Gasteiger partial charge on any atom is 0.0813 e. The van der Waals surface area contributed by atoms with Gasteiger partial charge in [-0.1, -0.05) is 56.3 Å². The van der Waals surface area contributed by atoms with Crippen molar-refractivity contribution in [3.8, 4) is 0 Å². The Hall–Kier alpha value is -0.893. The first-order valence-electron chi connectivity index (χ1n) is 5.51. The molecular weight excluding hydrogens is 198 g/mol. The number of rotatable bonds is 3. The van der Waals surface area contributed by atoms with Crippen molar-refractivity contribution in [1.29, 1.82) is 0 Å². The zero-order chi connectivity index (χ0) is 11.3. The Morgan fingerprint density at radius 3 is 2.27 bits per heavy atom. The van der Waals surface area contributed by atoms with E-state index in [1.54, 1.807) is 5.19 Å². The van der Waals surface area contributed by atoms with Crippen molar-refractivity contribution in [2.45, 2.75) is 31.9 Å². The average Bonchev–Trinajstić information content (AvgIpc) is 2.18. The minimum Gasteiger partial charge on any atom is -0.301 e. The predicted octanol–water partition coefficient (Wildman–Crippen LogP) is 2.62. The lowest BCUT2D eigenvalue weighted by atomic mass is 10.2. The molecule has 0 amide bonds. The summed E-state index contributed by atoms with van der Waals surface area (Å²) in [6.07, 6.45) is 2.08. The first-order valence-corrected chi connectivity index (χ1v) is 7.48. The maximum atomic E-state index is 4.12. The first kappa shape index (κ1) is 12.2. The zero-order valence-corrected chi connectivity index (χ0v) is 11.4. The van der Waals surface area contributed by atoms with E-state index in [2.05, 4.69) is 62.3 Å². The molecule has 0 aliphatic heterocycles. The van der Waals surface area contributed by atoms with E-state index in [1.165, 1.54) is 0 Å². The molecule has 0 fully saturated rings. The van der Waals surface area contributed by atoms with Gasteiger partial charge in [0.25, 0.3) is 0 Å². The third-order valence-corrected chi connectivity index (χ3v) is 6.73. The van der Waals surface area contributed by atoms with E-state index < -0.39 is 8.80 Å². The van der Waals surface area contributed by atoms with Gasteiger partial charge >= 0.3 is 0 Å². The zero-order valence-electron chi connectivity index (χ0n) is 10.2. The molecule has 0 heterocycles. The number of nitrogens with zero attached hydrogens (tertiary/aromatic N) is 1. The van der Waals surface area contributed by atoms with Crippen LogP contribution in [-0.2, 0) is 0 Å². The summed E-state index contributed by atoms with van der Waals surface area (Å²) < 4.78 is 0. The Balaban J connectivity index is 2.92. The van der Waals surface area contributed by atoms with Crippen molar-refractivity contribution in [2.75, 3.05) is 7.05 Å². The molecule has 0 radical (unpaired) electrons. The molecule has 1 aromatic carbocycles. The molecule has 0 saturated carbocycles. The van der Waals surface area contributed by atoms with Crippen LogP contribution in [0.25, 0.3) is 0 Å². The van der Waals surface area contributed by atoms with Crippen LogP contribution in [0.2, 0.25) is 11.1 Å². The van der Waals surface area contributed by atoms with Crippen molar-refractivity contribution < 1.29 is 0 Å². The molecule has 0 saturated heterocycles. The van der Waals surface area contributed by atoms with Gasteiger partial charge in [0.2, 0.25) is 0 Å². The summed E-state index contributed by atoms with van der Waals surface area (Å²) in [6.45, 7) is 7.04. The SMILES string of the molecule is CN=CC[SiH](c1ccccc1)C(C)(C)C. The Labute approximate surface area is 94.9 Å². The van der Waals surface area contributed by atoms with Crippen LogP contribution >= 0.6 is 0 Å². The van der Waals surface area contributed by atoms with E-state index in [1.807, 2.05) is 7.05 Å². The fourth-order valence-corrected chi connectivity index (χ4v) is 4.97. The summed E-state index contributed by atoms with van der Waals surface area (Å²) in [4.78, 5) is 4.12. The molecule has 1 nitrogen and oxygen atoms in total. The van der Waals surface area contributed by atoms with Gasteiger partial charge in [0.05, 0.1) is 8.80 Å². The van der Waals surface area contributed by atoms with Crippen LogP contribution in [0.15, 0.2) is 35.3 Å². The molecule has 82 valence electrons. The van der Waals surface area contributed by atoms with Crippen molar-refractivity contribution in [2.24, 2.45) is 4.99 Å². The predicted molar refractivity (Wildman–Crippen MR) is 72.2 cm³/mol. The standard InChI is InChI=1S/C13H21NSi/c1-13(2,3)15(11-10-14-4)12-8-6-5-7-9-12/h5-10,15H,11H2,1-4H3. The lowest BCUT2D eigenvalue weighted by Crippen LogP contribution is -2.38. The van der Waals surface area contributed by atoms with Crippen LogP contribution in [0.4, 0.5) is 0 Å². The van der Waals surface area contributed by atoms with Crippen molar-refractivity contribution >= 4 is 20.2 Å². The molecular formula is C13H21NSi. The lowest BCUT2D eigenvalue weighted by molar-refractivity contribution is 0.744. The fourth-order valence-electron chi connectivity index (χ4n) is 1.89. The monoisotopic (exact) mass is 219 g/mol. The molecule has 2 heteroatoms. The van der Waals surface area contributed by atoms with Crippen LogP contribution in [0.5, 0.6) is 0 Å². The summed E-state index contributed by atoms with van der Waals surface area (Å²) >= 11 is 0. The van der Waals surface area contributed by atoms with Crippen LogP contribution in [0.3, 0.4) is 0 Å². The molecule has 15 heavy (non-hydrogen) atoms. The molecule has 0 aliphatic rings. The van der Waals surface area contributed by atoms with E-state index in [0.717, 1.165) is 6.04 Å². The molecule has 1 aromatic rings. The maximum absolute atomic E-state index is 4.12. The van der Waals surface area contributed by atoms with Gasteiger partial charge in [0.1, 0.15) is 0 Å². The largest absolute Gasteiger partial charge is 0.301 e. The summed E-state index contributed by atoms with van der Waals surface area (Å²) in [6, 6.07) is 12.1. The van der Waals surface area contributed by atoms with Gasteiger partial charge in [-0.25, -0.2) is 0 Å². The highest BCUT2D eigenvalue weighted by Gasteiger charge is 2.26. The Morgan fingerprint density at radius 2 is 1.80 bits per heavy atom. The van der Waals surface area contributed by atoms with Gasteiger partial charge in [-0.15, -0.1) is 0 Å². The lowest BCUT2D eigenvalue weighted by Gasteiger charge is -2.28. The highest BCUT2D eigenvalue weighted by molar-refractivity contribution is 6.77. The molecule has 0 bridgehead atoms. The Morgan fingerprint density at radius 1 is 1.20 bits per heavy atom. The summed E-state index contributed by atoms with van der Waals surface area (Å²) in [7, 11) is 0.913. The molecule has 0 aromatic heterocycles. The van der Waals surface area contributed by atoms with Crippen LogP contribution < -0.4 is 5.19 Å². The van der Waals surface area contributed by atoms with Gasteiger partial charge in [0, 0.05) is 7.05 Å². The average molecular weight is 219 g/mol. The van der Waals surface area contributed by atoms with E-state index in [0.29, 0.717) is 5.04 Å². The molecule has 0 N–H and O–H groups in total. The van der Waals surface area contributed by atoms with Gasteiger partial charge in [0.15, 0.2) is 0 Å². The van der Waals surface area contributed by atoms with Gasteiger partial charge < -0.3 is 4.99 Å². The van der Waals surface area contributed by atoms with Crippen LogP contribution in [0, 0.1) is 0 Å². The van der Waals surface area contributed by atoms with E-state index in [4.69, 9.17) is 0 Å². The second-order valence-electron chi connectivity index (χ2n) is 5.01. The number of hydrogen-bond donors (Lipinski definition) is 0. The van der Waals surface area contributed by atoms with E-state index in [-0.39, 0.29) is 0 Å². The molecule has 1 rings (SSSR count). The minimum absolute atomic E-state index is 0.419. The normalized spacial score (nSPS) is 14.4. The molecule has 0 aliphatic carbocycles. The second kappa shape index (κ2) is 5.26. The van der Waals surface area contributed by atoms with Crippen LogP contribution in [-0.4, -0.2) is 22.1 Å². The van der Waals surface area contributed by atoms with Gasteiger partial charge in [-0.2, -0.15) is 0 Å². The fraction of sp³-hybridized carbons (Fsp3) is 0.462. The second-order valence-corrected chi connectivity index (χ2v) is 8.98. The van der Waals surface area contributed by atoms with Crippen LogP contribution in [0.1, 0.15) is 20.8 Å². The topological polar surface area (TPSA) is 12.4 Å². The summed E-state index contributed by atoms with van der Waals surface area (Å²) in [5.41, 5.74) is 0. The van der Waals surface area contributed by atoms with Gasteiger partial charge in [-0.3, -0.25) is 0 Å². The Kier molecular flexibility index (Phi) is 4.27. The first-order chi connectivity index (χ1) is 7.05. The number of aliphatic imine (C=N–C) groups is 1. The third kappa shape index (κ3) is 3.63. The summed E-state index contributed by atoms with van der Waals surface area (Å²) in [5.74, 6) is 0.